The smallest absolute Gasteiger partial charge is 0.191 e. The number of aryl methyl sites for hydroxylation is 3. The van der Waals surface area contributed by atoms with Crippen LogP contribution in [0.15, 0.2) is 33.8 Å². The Morgan fingerprint density at radius 3 is 2.58 bits per heavy atom. The van der Waals surface area contributed by atoms with Gasteiger partial charge in [0, 0.05) is 37.5 Å². The number of rotatable bonds is 7. The van der Waals surface area contributed by atoms with E-state index < -0.39 is 0 Å². The van der Waals surface area contributed by atoms with Gasteiger partial charge in [0.1, 0.15) is 5.76 Å². The van der Waals surface area contributed by atoms with Crippen LogP contribution in [0.25, 0.3) is 0 Å². The molecule has 0 amide bonds. The highest BCUT2D eigenvalue weighted by molar-refractivity contribution is 5.79. The Morgan fingerprint density at radius 1 is 1.19 bits per heavy atom. The van der Waals surface area contributed by atoms with Crippen LogP contribution in [0, 0.1) is 6.92 Å². The zero-order valence-electron chi connectivity index (χ0n) is 16.9. The molecule has 0 aliphatic heterocycles. The van der Waals surface area contributed by atoms with Crippen molar-refractivity contribution in [2.75, 3.05) is 13.6 Å². The fourth-order valence-corrected chi connectivity index (χ4v) is 3.00. The largest absolute Gasteiger partial charge is 0.361 e. The molecule has 0 unspecified atom stereocenters. The van der Waals surface area contributed by atoms with Crippen molar-refractivity contribution >= 4 is 5.96 Å². The number of hydrogen-bond donors (Lipinski definition) is 2. The molecule has 1 heterocycles. The van der Waals surface area contributed by atoms with Gasteiger partial charge in [-0.25, -0.2) is 0 Å². The van der Waals surface area contributed by atoms with Crippen LogP contribution in [0.2, 0.25) is 0 Å². The minimum absolute atomic E-state index is 0.00396. The molecule has 0 fully saturated rings. The van der Waals surface area contributed by atoms with Crippen LogP contribution in [-0.4, -0.2) is 24.7 Å². The lowest BCUT2D eigenvalue weighted by atomic mass is 9.84. The minimum atomic E-state index is 0.00396. The van der Waals surface area contributed by atoms with Gasteiger partial charge in [0.25, 0.3) is 0 Å². The zero-order valence-corrected chi connectivity index (χ0v) is 16.9. The first-order valence-corrected chi connectivity index (χ1v) is 9.39. The van der Waals surface area contributed by atoms with Gasteiger partial charge >= 0.3 is 0 Å². The number of aromatic nitrogens is 1. The number of hydrogen-bond acceptors (Lipinski definition) is 3. The lowest BCUT2D eigenvalue weighted by Crippen LogP contribution is -2.43. The first-order valence-electron chi connectivity index (χ1n) is 9.39. The summed E-state index contributed by atoms with van der Waals surface area (Å²) in [5.41, 5.74) is 4.77. The number of nitrogens with one attached hydrogen (secondary N) is 2. The second-order valence-corrected chi connectivity index (χ2v) is 7.27. The maximum atomic E-state index is 5.43. The Kier molecular flexibility index (Phi) is 6.83. The van der Waals surface area contributed by atoms with Crippen molar-refractivity contribution in [1.29, 1.82) is 0 Å². The van der Waals surface area contributed by atoms with Crippen LogP contribution >= 0.6 is 0 Å². The van der Waals surface area contributed by atoms with Gasteiger partial charge < -0.3 is 15.2 Å². The van der Waals surface area contributed by atoms with Crippen LogP contribution in [0.1, 0.15) is 55.8 Å². The van der Waals surface area contributed by atoms with E-state index in [0.717, 1.165) is 42.4 Å². The molecular formula is C21H32N4O. The van der Waals surface area contributed by atoms with Gasteiger partial charge in [-0.3, -0.25) is 4.99 Å². The van der Waals surface area contributed by atoms with E-state index in [4.69, 9.17) is 4.52 Å². The molecule has 5 nitrogen and oxygen atoms in total. The fourth-order valence-electron chi connectivity index (χ4n) is 3.00. The number of guanidine groups is 1. The Hall–Kier alpha value is -2.30. The molecule has 0 saturated heterocycles. The van der Waals surface area contributed by atoms with Crippen molar-refractivity contribution in [2.45, 2.75) is 59.4 Å². The fraction of sp³-hybridized carbons (Fsp3) is 0.524. The molecule has 0 atom stereocenters. The van der Waals surface area contributed by atoms with E-state index in [-0.39, 0.29) is 5.41 Å². The van der Waals surface area contributed by atoms with Crippen molar-refractivity contribution in [2.24, 2.45) is 4.99 Å². The molecular weight excluding hydrogens is 324 g/mol. The highest BCUT2D eigenvalue weighted by atomic mass is 16.5. The summed E-state index contributed by atoms with van der Waals surface area (Å²) in [6, 6.07) is 8.67. The van der Waals surface area contributed by atoms with E-state index in [1.165, 1.54) is 11.1 Å². The summed E-state index contributed by atoms with van der Waals surface area (Å²) in [4.78, 5) is 4.36. The van der Waals surface area contributed by atoms with E-state index in [1.807, 2.05) is 0 Å². The summed E-state index contributed by atoms with van der Waals surface area (Å²) in [5.74, 6) is 1.74. The van der Waals surface area contributed by atoms with Gasteiger partial charge in [-0.15, -0.1) is 0 Å². The van der Waals surface area contributed by atoms with Crippen LogP contribution in [0.3, 0.4) is 0 Å². The molecule has 26 heavy (non-hydrogen) atoms. The first-order chi connectivity index (χ1) is 12.4. The van der Waals surface area contributed by atoms with Crippen LogP contribution in [-0.2, 0) is 24.8 Å². The highest BCUT2D eigenvalue weighted by Gasteiger charge is 2.21. The second kappa shape index (κ2) is 8.88. The van der Waals surface area contributed by atoms with Crippen molar-refractivity contribution < 1.29 is 4.52 Å². The van der Waals surface area contributed by atoms with Gasteiger partial charge in [-0.2, -0.15) is 0 Å². The van der Waals surface area contributed by atoms with Crippen molar-refractivity contribution in [3.8, 4) is 0 Å². The maximum absolute atomic E-state index is 5.43. The molecule has 0 spiro atoms. The summed E-state index contributed by atoms with van der Waals surface area (Å²) in [6.07, 6.45) is 1.71. The summed E-state index contributed by atoms with van der Waals surface area (Å²) in [5, 5.41) is 11.0. The molecule has 2 N–H and O–H groups in total. The Labute approximate surface area is 157 Å². The van der Waals surface area contributed by atoms with Crippen LogP contribution in [0.4, 0.5) is 0 Å². The topological polar surface area (TPSA) is 62.5 Å². The van der Waals surface area contributed by atoms with E-state index >= 15 is 0 Å². The molecule has 0 aliphatic carbocycles. The summed E-state index contributed by atoms with van der Waals surface area (Å²) >= 11 is 0. The quantitative estimate of drug-likeness (QED) is 0.586. The van der Waals surface area contributed by atoms with Crippen molar-refractivity contribution in [1.82, 2.24) is 15.8 Å². The SMILES string of the molecule is CCc1noc(CC)c1CNC(=NC)NCC(C)(C)c1cccc(C)c1. The third-order valence-corrected chi connectivity index (χ3v) is 4.76. The normalized spacial score (nSPS) is 12.3. The number of aliphatic imine (C=N–C) groups is 1. The van der Waals surface area contributed by atoms with E-state index in [0.29, 0.717) is 6.54 Å². The molecule has 0 saturated carbocycles. The average molecular weight is 357 g/mol. The van der Waals surface area contributed by atoms with E-state index in [1.54, 1.807) is 7.05 Å². The van der Waals surface area contributed by atoms with E-state index in [9.17, 15) is 0 Å². The van der Waals surface area contributed by atoms with Gasteiger partial charge in [0.15, 0.2) is 5.96 Å². The molecule has 1 aromatic heterocycles. The lowest BCUT2D eigenvalue weighted by Gasteiger charge is -2.27. The molecule has 2 rings (SSSR count). The molecule has 0 radical (unpaired) electrons. The molecule has 5 heteroatoms. The van der Waals surface area contributed by atoms with Gasteiger partial charge in [0.2, 0.25) is 0 Å². The van der Waals surface area contributed by atoms with Crippen LogP contribution in [0.5, 0.6) is 0 Å². The minimum Gasteiger partial charge on any atom is -0.361 e. The Morgan fingerprint density at radius 2 is 1.96 bits per heavy atom. The average Bonchev–Trinajstić information content (AvgIpc) is 3.04. The second-order valence-electron chi connectivity index (χ2n) is 7.27. The molecule has 142 valence electrons. The summed E-state index contributed by atoms with van der Waals surface area (Å²) < 4.78 is 5.43. The number of nitrogens with zero attached hydrogens (tertiary/aromatic N) is 2. The maximum Gasteiger partial charge on any atom is 0.191 e. The standard InChI is InChI=1S/C21H32N4O/c1-7-18-17(19(8-2)26-25-18)13-23-20(22-6)24-14-21(4,5)16-11-9-10-15(3)12-16/h9-12H,7-8,13-14H2,1-6H3,(H2,22,23,24). The molecule has 0 aliphatic rings. The predicted octanol–water partition coefficient (Wildman–Crippen LogP) is 3.75. The number of benzene rings is 1. The van der Waals surface area contributed by atoms with Crippen LogP contribution < -0.4 is 10.6 Å². The predicted molar refractivity (Wildman–Crippen MR) is 108 cm³/mol. The molecule has 1 aromatic carbocycles. The monoisotopic (exact) mass is 356 g/mol. The highest BCUT2D eigenvalue weighted by Crippen LogP contribution is 2.23. The van der Waals surface area contributed by atoms with Gasteiger partial charge in [-0.05, 0) is 18.9 Å². The third-order valence-electron chi connectivity index (χ3n) is 4.76. The summed E-state index contributed by atoms with van der Waals surface area (Å²) in [6.45, 7) is 12.3. The Bertz CT molecular complexity index is 725. The van der Waals surface area contributed by atoms with Gasteiger partial charge in [0.05, 0.1) is 5.69 Å². The third kappa shape index (κ3) is 4.87. The molecule has 2 aromatic rings. The van der Waals surface area contributed by atoms with E-state index in [2.05, 4.69) is 79.7 Å². The van der Waals surface area contributed by atoms with Gasteiger partial charge in [-0.1, -0.05) is 62.7 Å². The van der Waals surface area contributed by atoms with Crippen molar-refractivity contribution in [3.05, 3.63) is 52.4 Å². The summed E-state index contributed by atoms with van der Waals surface area (Å²) in [7, 11) is 1.80. The zero-order chi connectivity index (χ0) is 19.2. The first kappa shape index (κ1) is 20.0. The van der Waals surface area contributed by atoms with Crippen molar-refractivity contribution in [3.63, 3.8) is 0 Å². The molecule has 0 bridgehead atoms. The Balaban J connectivity index is 1.99. The lowest BCUT2D eigenvalue weighted by molar-refractivity contribution is 0.380.